The maximum Gasteiger partial charge on any atom is 0.416 e. The molecule has 0 atom stereocenters. The molecule has 0 bridgehead atoms. The third kappa shape index (κ3) is 5.71. The van der Waals surface area contributed by atoms with Crippen molar-refractivity contribution in [3.05, 3.63) is 77.6 Å². The van der Waals surface area contributed by atoms with Gasteiger partial charge >= 0.3 is 6.18 Å². The van der Waals surface area contributed by atoms with Crippen molar-refractivity contribution < 1.29 is 22.4 Å². The van der Waals surface area contributed by atoms with Crippen molar-refractivity contribution in [2.75, 3.05) is 11.9 Å². The second-order valence-electron chi connectivity index (χ2n) is 6.30. The van der Waals surface area contributed by atoms with Crippen LogP contribution in [0.4, 0.5) is 18.9 Å². The van der Waals surface area contributed by atoms with Crippen molar-refractivity contribution in [2.24, 2.45) is 5.10 Å². The number of carbonyl (C=O) groups excluding carboxylic acids is 1. The van der Waals surface area contributed by atoms with E-state index in [1.165, 1.54) is 24.4 Å². The summed E-state index contributed by atoms with van der Waals surface area (Å²) >= 11 is 0. The highest BCUT2D eigenvalue weighted by Crippen LogP contribution is 2.32. The van der Waals surface area contributed by atoms with Gasteiger partial charge in [-0.15, -0.1) is 0 Å². The number of rotatable bonds is 6. The summed E-state index contributed by atoms with van der Waals surface area (Å²) in [7, 11) is 0. The van der Waals surface area contributed by atoms with Crippen molar-refractivity contribution in [3.63, 3.8) is 0 Å². The lowest BCUT2D eigenvalue weighted by atomic mass is 10.1. The number of furan rings is 1. The van der Waals surface area contributed by atoms with Gasteiger partial charge in [-0.1, -0.05) is 24.3 Å². The molecule has 3 aromatic rings. The van der Waals surface area contributed by atoms with E-state index in [0.29, 0.717) is 11.3 Å². The van der Waals surface area contributed by atoms with Gasteiger partial charge in [0.15, 0.2) is 0 Å². The van der Waals surface area contributed by atoms with Gasteiger partial charge in [-0.25, -0.2) is 5.43 Å². The Balaban J connectivity index is 1.56. The van der Waals surface area contributed by atoms with Crippen LogP contribution in [-0.2, 0) is 11.0 Å². The standard InChI is InChI=1S/C21H18F3N3O2/c1-14-4-2-7-17(10-14)25-13-20(28)27-26-12-18-8-9-19(29-18)15-5-3-6-16(11-15)21(22,23)24/h2-12,25H,13H2,1H3,(H,27,28)/b26-12-. The molecule has 1 amide bonds. The van der Waals surface area contributed by atoms with E-state index in [2.05, 4.69) is 15.8 Å². The predicted molar refractivity (Wildman–Crippen MR) is 105 cm³/mol. The van der Waals surface area contributed by atoms with E-state index in [1.54, 1.807) is 6.07 Å². The number of carbonyl (C=O) groups is 1. The van der Waals surface area contributed by atoms with Crippen molar-refractivity contribution in [1.82, 2.24) is 5.43 Å². The summed E-state index contributed by atoms with van der Waals surface area (Å²) in [5.74, 6) is 0.210. The number of hydrogen-bond acceptors (Lipinski definition) is 4. The molecule has 0 saturated carbocycles. The van der Waals surface area contributed by atoms with Gasteiger partial charge in [0, 0.05) is 11.3 Å². The zero-order chi connectivity index (χ0) is 20.9. The zero-order valence-corrected chi connectivity index (χ0v) is 15.5. The molecule has 0 aliphatic carbocycles. The molecule has 8 heteroatoms. The second kappa shape index (κ2) is 8.64. The smallest absolute Gasteiger partial charge is 0.416 e. The molecule has 29 heavy (non-hydrogen) atoms. The van der Waals surface area contributed by atoms with Crippen molar-refractivity contribution in [1.29, 1.82) is 0 Å². The van der Waals surface area contributed by atoms with Crippen LogP contribution in [0.3, 0.4) is 0 Å². The number of amides is 1. The highest BCUT2D eigenvalue weighted by molar-refractivity contribution is 5.83. The number of halogens is 3. The maximum atomic E-state index is 12.8. The number of hydrogen-bond donors (Lipinski definition) is 2. The summed E-state index contributed by atoms with van der Waals surface area (Å²) < 4.78 is 44.0. The van der Waals surface area contributed by atoms with E-state index in [1.807, 2.05) is 31.2 Å². The monoisotopic (exact) mass is 401 g/mol. The van der Waals surface area contributed by atoms with Gasteiger partial charge in [0.2, 0.25) is 0 Å². The molecule has 1 aromatic heterocycles. The highest BCUT2D eigenvalue weighted by Gasteiger charge is 2.30. The number of benzene rings is 2. The first-order valence-electron chi connectivity index (χ1n) is 8.71. The number of alkyl halides is 3. The minimum atomic E-state index is -4.43. The van der Waals surface area contributed by atoms with Gasteiger partial charge in [-0.05, 0) is 48.9 Å². The number of nitrogens with zero attached hydrogens (tertiary/aromatic N) is 1. The molecule has 2 N–H and O–H groups in total. The topological polar surface area (TPSA) is 66.6 Å². The van der Waals surface area contributed by atoms with Gasteiger partial charge in [0.1, 0.15) is 11.5 Å². The van der Waals surface area contributed by atoms with Gasteiger partial charge in [0.05, 0.1) is 18.3 Å². The van der Waals surface area contributed by atoms with Crippen molar-refractivity contribution in [2.45, 2.75) is 13.1 Å². The van der Waals surface area contributed by atoms with E-state index < -0.39 is 11.7 Å². The Morgan fingerprint density at radius 3 is 2.66 bits per heavy atom. The summed E-state index contributed by atoms with van der Waals surface area (Å²) in [6.07, 6.45) is -3.15. The first-order valence-corrected chi connectivity index (χ1v) is 8.71. The lowest BCUT2D eigenvalue weighted by molar-refractivity contribution is -0.137. The van der Waals surface area contributed by atoms with Crippen LogP contribution in [0.15, 0.2) is 70.2 Å². The van der Waals surface area contributed by atoms with Crippen LogP contribution in [0.1, 0.15) is 16.9 Å². The molecule has 2 aromatic carbocycles. The number of anilines is 1. The minimum absolute atomic E-state index is 0.0361. The minimum Gasteiger partial charge on any atom is -0.455 e. The van der Waals surface area contributed by atoms with Gasteiger partial charge in [-0.3, -0.25) is 4.79 Å². The molecular formula is C21H18F3N3O2. The lowest BCUT2D eigenvalue weighted by Crippen LogP contribution is -2.25. The molecule has 1 heterocycles. The lowest BCUT2D eigenvalue weighted by Gasteiger charge is -2.07. The number of nitrogens with one attached hydrogen (secondary N) is 2. The van der Waals surface area contributed by atoms with E-state index in [9.17, 15) is 18.0 Å². The van der Waals surface area contributed by atoms with Crippen LogP contribution < -0.4 is 10.7 Å². The molecule has 3 rings (SSSR count). The van der Waals surface area contributed by atoms with Crippen LogP contribution in [0, 0.1) is 6.92 Å². The van der Waals surface area contributed by atoms with E-state index >= 15 is 0 Å². The fourth-order valence-corrected chi connectivity index (χ4v) is 2.57. The van der Waals surface area contributed by atoms with Crippen LogP contribution in [0.5, 0.6) is 0 Å². The third-order valence-corrected chi connectivity index (χ3v) is 3.95. The fraction of sp³-hybridized carbons (Fsp3) is 0.143. The molecule has 0 unspecified atom stereocenters. The molecule has 0 radical (unpaired) electrons. The molecule has 150 valence electrons. The Hall–Kier alpha value is -3.55. The van der Waals surface area contributed by atoms with Gasteiger partial charge in [0.25, 0.3) is 5.91 Å². The quantitative estimate of drug-likeness (QED) is 0.459. The summed E-state index contributed by atoms with van der Waals surface area (Å²) in [4.78, 5) is 11.8. The highest BCUT2D eigenvalue weighted by atomic mass is 19.4. The molecule has 0 fully saturated rings. The molecule has 0 saturated heterocycles. The normalized spacial score (nSPS) is 11.6. The zero-order valence-electron chi connectivity index (χ0n) is 15.5. The van der Waals surface area contributed by atoms with Crippen molar-refractivity contribution in [3.8, 4) is 11.3 Å². The summed E-state index contributed by atoms with van der Waals surface area (Å²) in [5.41, 5.74) is 3.79. The Bertz CT molecular complexity index is 1030. The molecule has 0 aliphatic rings. The molecule has 5 nitrogen and oxygen atoms in total. The van der Waals surface area contributed by atoms with E-state index in [4.69, 9.17) is 4.42 Å². The predicted octanol–water partition coefficient (Wildman–Crippen LogP) is 4.84. The Kier molecular flexibility index (Phi) is 6.01. The van der Waals surface area contributed by atoms with Crippen LogP contribution in [0.25, 0.3) is 11.3 Å². The van der Waals surface area contributed by atoms with E-state index in [0.717, 1.165) is 23.4 Å². The van der Waals surface area contributed by atoms with Gasteiger partial charge < -0.3 is 9.73 Å². The first kappa shape index (κ1) is 20.2. The first-order chi connectivity index (χ1) is 13.8. The molecule has 0 spiro atoms. The molecular weight excluding hydrogens is 383 g/mol. The summed E-state index contributed by atoms with van der Waals surface area (Å²) in [6, 6.07) is 15.5. The number of hydrazone groups is 1. The summed E-state index contributed by atoms with van der Waals surface area (Å²) in [6.45, 7) is 1.99. The second-order valence-corrected chi connectivity index (χ2v) is 6.30. The SMILES string of the molecule is Cc1cccc(NCC(=O)N/N=C\c2ccc(-c3cccc(C(F)(F)F)c3)o2)c1. The largest absolute Gasteiger partial charge is 0.455 e. The van der Waals surface area contributed by atoms with Crippen LogP contribution in [0.2, 0.25) is 0 Å². The van der Waals surface area contributed by atoms with E-state index in [-0.39, 0.29) is 18.2 Å². The Morgan fingerprint density at radius 2 is 1.90 bits per heavy atom. The van der Waals surface area contributed by atoms with Gasteiger partial charge in [-0.2, -0.15) is 18.3 Å². The average molecular weight is 401 g/mol. The Morgan fingerprint density at radius 1 is 1.10 bits per heavy atom. The van der Waals surface area contributed by atoms with Crippen molar-refractivity contribution >= 4 is 17.8 Å². The average Bonchev–Trinajstić information content (AvgIpc) is 3.15. The Labute approximate surface area is 165 Å². The molecule has 0 aliphatic heterocycles. The summed E-state index contributed by atoms with van der Waals surface area (Å²) in [5, 5.41) is 6.77. The number of aryl methyl sites for hydroxylation is 1. The van der Waals surface area contributed by atoms with Crippen LogP contribution in [-0.4, -0.2) is 18.7 Å². The maximum absolute atomic E-state index is 12.8. The third-order valence-electron chi connectivity index (χ3n) is 3.95. The fourth-order valence-electron chi connectivity index (χ4n) is 2.57. The van der Waals surface area contributed by atoms with Crippen LogP contribution >= 0.6 is 0 Å².